The van der Waals surface area contributed by atoms with Crippen molar-refractivity contribution in [2.45, 2.75) is 26.7 Å². The van der Waals surface area contributed by atoms with E-state index in [0.717, 1.165) is 6.42 Å². The molecule has 0 aliphatic carbocycles. The Morgan fingerprint density at radius 1 is 1.28 bits per heavy atom. The first kappa shape index (κ1) is 19.3. The summed E-state index contributed by atoms with van der Waals surface area (Å²) >= 11 is 5.86. The summed E-state index contributed by atoms with van der Waals surface area (Å²) in [5.74, 6) is -1.05. The van der Waals surface area contributed by atoms with Gasteiger partial charge < -0.3 is 9.26 Å². The maximum atomic E-state index is 12.3. The van der Waals surface area contributed by atoms with Crippen LogP contribution in [0.1, 0.15) is 37.0 Å². The molecule has 1 N–H and O–H groups in total. The standard InChI is InChI=1S/C16H19ClN2O5S/c1-3-5-10-25(21,22)19-15-13(16(20)23-4-2)14(18-24-15)11-6-8-12(17)9-7-11/h6-9,19H,3-5,10H2,1-2H3. The van der Waals surface area contributed by atoms with Gasteiger partial charge in [0.2, 0.25) is 10.0 Å². The maximum Gasteiger partial charge on any atom is 0.346 e. The topological polar surface area (TPSA) is 98.5 Å². The third kappa shape index (κ3) is 4.96. The molecule has 1 aromatic heterocycles. The summed E-state index contributed by atoms with van der Waals surface area (Å²) in [6.45, 7) is 3.66. The molecule has 0 bridgehead atoms. The number of rotatable bonds is 8. The van der Waals surface area contributed by atoms with Crippen LogP contribution in [0.25, 0.3) is 11.3 Å². The van der Waals surface area contributed by atoms with Crippen LogP contribution >= 0.6 is 11.6 Å². The van der Waals surface area contributed by atoms with Gasteiger partial charge in [-0.3, -0.25) is 4.72 Å². The molecule has 0 saturated heterocycles. The van der Waals surface area contributed by atoms with Crippen molar-refractivity contribution in [3.63, 3.8) is 0 Å². The van der Waals surface area contributed by atoms with Crippen LogP contribution < -0.4 is 4.72 Å². The van der Waals surface area contributed by atoms with E-state index in [2.05, 4.69) is 9.88 Å². The van der Waals surface area contributed by atoms with Crippen LogP contribution in [-0.2, 0) is 14.8 Å². The molecule has 25 heavy (non-hydrogen) atoms. The fraction of sp³-hybridized carbons (Fsp3) is 0.375. The Morgan fingerprint density at radius 3 is 2.56 bits per heavy atom. The highest BCUT2D eigenvalue weighted by atomic mass is 35.5. The molecule has 0 fully saturated rings. The predicted molar refractivity (Wildman–Crippen MR) is 95.2 cm³/mol. The fourth-order valence-electron chi connectivity index (χ4n) is 2.08. The number of ether oxygens (including phenoxy) is 1. The van der Waals surface area contributed by atoms with E-state index < -0.39 is 16.0 Å². The lowest BCUT2D eigenvalue weighted by atomic mass is 10.1. The molecule has 9 heteroatoms. The fourth-order valence-corrected chi connectivity index (χ4v) is 3.40. The van der Waals surface area contributed by atoms with Crippen LogP contribution in [0.2, 0.25) is 5.02 Å². The Bertz CT molecular complexity index is 831. The van der Waals surface area contributed by atoms with Crippen LogP contribution in [0.15, 0.2) is 28.8 Å². The number of anilines is 1. The van der Waals surface area contributed by atoms with E-state index in [9.17, 15) is 13.2 Å². The van der Waals surface area contributed by atoms with Crippen molar-refractivity contribution in [2.24, 2.45) is 0 Å². The van der Waals surface area contributed by atoms with Gasteiger partial charge in [0.25, 0.3) is 5.88 Å². The van der Waals surface area contributed by atoms with Crippen molar-refractivity contribution in [1.29, 1.82) is 0 Å². The lowest BCUT2D eigenvalue weighted by Gasteiger charge is -2.07. The van der Waals surface area contributed by atoms with Gasteiger partial charge in [0.1, 0.15) is 5.69 Å². The van der Waals surface area contributed by atoms with Gasteiger partial charge in [0.15, 0.2) is 5.56 Å². The molecule has 0 atom stereocenters. The maximum absolute atomic E-state index is 12.3. The first-order valence-electron chi connectivity index (χ1n) is 7.81. The molecule has 0 saturated carbocycles. The third-order valence-electron chi connectivity index (χ3n) is 3.30. The molecule has 0 spiro atoms. The summed E-state index contributed by atoms with van der Waals surface area (Å²) in [6, 6.07) is 6.56. The van der Waals surface area contributed by atoms with E-state index in [-0.39, 0.29) is 29.5 Å². The molecular weight excluding hydrogens is 368 g/mol. The van der Waals surface area contributed by atoms with Gasteiger partial charge in [-0.2, -0.15) is 0 Å². The summed E-state index contributed by atoms with van der Waals surface area (Å²) < 4.78 is 36.6. The molecule has 1 aromatic carbocycles. The average Bonchev–Trinajstić information content (AvgIpc) is 2.97. The van der Waals surface area contributed by atoms with Gasteiger partial charge in [-0.05, 0) is 25.5 Å². The average molecular weight is 387 g/mol. The van der Waals surface area contributed by atoms with Crippen LogP contribution in [0, 0.1) is 0 Å². The van der Waals surface area contributed by atoms with Crippen molar-refractivity contribution in [2.75, 3.05) is 17.1 Å². The molecule has 0 radical (unpaired) electrons. The summed E-state index contributed by atoms with van der Waals surface area (Å²) in [5, 5.41) is 4.36. The lowest BCUT2D eigenvalue weighted by molar-refractivity contribution is 0.0528. The summed E-state index contributed by atoms with van der Waals surface area (Å²) in [5.41, 5.74) is 0.669. The van der Waals surface area contributed by atoms with Crippen LogP contribution in [0.3, 0.4) is 0 Å². The van der Waals surface area contributed by atoms with Crippen molar-refractivity contribution < 1.29 is 22.5 Å². The molecule has 0 aliphatic rings. The Labute approximate surface area is 151 Å². The van der Waals surface area contributed by atoms with Crippen molar-refractivity contribution in [3.05, 3.63) is 34.9 Å². The van der Waals surface area contributed by atoms with E-state index >= 15 is 0 Å². The zero-order chi connectivity index (χ0) is 18.4. The molecule has 136 valence electrons. The number of carbonyl (C=O) groups is 1. The predicted octanol–water partition coefficient (Wildman–Crippen LogP) is 3.71. The number of sulfonamides is 1. The molecule has 1 heterocycles. The molecule has 2 aromatic rings. The normalized spacial score (nSPS) is 11.3. The molecule has 0 unspecified atom stereocenters. The molecule has 0 aliphatic heterocycles. The van der Waals surface area contributed by atoms with Gasteiger partial charge in [0.05, 0.1) is 12.4 Å². The smallest absolute Gasteiger partial charge is 0.346 e. The minimum absolute atomic E-state index is 0.0655. The Balaban J connectivity index is 2.43. The Morgan fingerprint density at radius 2 is 1.96 bits per heavy atom. The first-order chi connectivity index (χ1) is 11.9. The number of unbranched alkanes of at least 4 members (excludes halogenated alkanes) is 1. The number of aromatic nitrogens is 1. The molecule has 7 nitrogen and oxygen atoms in total. The van der Waals surface area contributed by atoms with Crippen LogP contribution in [0.5, 0.6) is 0 Å². The Hall–Kier alpha value is -2.06. The molecular formula is C16H19ClN2O5S. The largest absolute Gasteiger partial charge is 0.462 e. The van der Waals surface area contributed by atoms with E-state index in [0.29, 0.717) is 17.0 Å². The van der Waals surface area contributed by atoms with Crippen molar-refractivity contribution >= 4 is 33.5 Å². The summed E-state index contributed by atoms with van der Waals surface area (Å²) in [7, 11) is -3.66. The first-order valence-corrected chi connectivity index (χ1v) is 9.84. The molecule has 2 rings (SSSR count). The second kappa shape index (κ2) is 8.35. The number of hydrogen-bond donors (Lipinski definition) is 1. The van der Waals surface area contributed by atoms with E-state index in [1.54, 1.807) is 31.2 Å². The van der Waals surface area contributed by atoms with Gasteiger partial charge in [0, 0.05) is 10.6 Å². The quantitative estimate of drug-likeness (QED) is 0.694. The summed E-state index contributed by atoms with van der Waals surface area (Å²) in [4.78, 5) is 12.3. The van der Waals surface area contributed by atoms with Crippen molar-refractivity contribution in [3.8, 4) is 11.3 Å². The second-order valence-electron chi connectivity index (χ2n) is 5.24. The van der Waals surface area contributed by atoms with Crippen LogP contribution in [0.4, 0.5) is 5.88 Å². The number of hydrogen-bond acceptors (Lipinski definition) is 6. The number of nitrogens with one attached hydrogen (secondary N) is 1. The van der Waals surface area contributed by atoms with E-state index in [1.807, 2.05) is 6.92 Å². The number of esters is 1. The second-order valence-corrected chi connectivity index (χ2v) is 7.52. The number of halogens is 1. The monoisotopic (exact) mass is 386 g/mol. The van der Waals surface area contributed by atoms with Crippen molar-refractivity contribution in [1.82, 2.24) is 5.16 Å². The zero-order valence-electron chi connectivity index (χ0n) is 13.9. The summed E-state index contributed by atoms with van der Waals surface area (Å²) in [6.07, 6.45) is 1.21. The third-order valence-corrected chi connectivity index (χ3v) is 4.88. The Kier molecular flexibility index (Phi) is 6.44. The van der Waals surface area contributed by atoms with Crippen LogP contribution in [-0.4, -0.2) is 31.9 Å². The highest BCUT2D eigenvalue weighted by molar-refractivity contribution is 7.92. The van der Waals surface area contributed by atoms with Gasteiger partial charge >= 0.3 is 5.97 Å². The minimum Gasteiger partial charge on any atom is -0.462 e. The highest BCUT2D eigenvalue weighted by Gasteiger charge is 2.28. The molecule has 0 amide bonds. The highest BCUT2D eigenvalue weighted by Crippen LogP contribution is 2.31. The lowest BCUT2D eigenvalue weighted by Crippen LogP contribution is -2.18. The van der Waals surface area contributed by atoms with Gasteiger partial charge in [-0.25, -0.2) is 13.2 Å². The minimum atomic E-state index is -3.66. The van der Waals surface area contributed by atoms with Gasteiger partial charge in [-0.1, -0.05) is 42.2 Å². The SMILES string of the molecule is CCCCS(=O)(=O)Nc1onc(-c2ccc(Cl)cc2)c1C(=O)OCC. The van der Waals surface area contributed by atoms with Gasteiger partial charge in [-0.15, -0.1) is 0 Å². The zero-order valence-corrected chi connectivity index (χ0v) is 15.5. The van der Waals surface area contributed by atoms with E-state index in [1.165, 1.54) is 0 Å². The van der Waals surface area contributed by atoms with E-state index in [4.69, 9.17) is 20.9 Å². The number of benzene rings is 1. The number of nitrogens with zero attached hydrogens (tertiary/aromatic N) is 1. The number of carbonyl (C=O) groups excluding carboxylic acids is 1.